The van der Waals surface area contributed by atoms with Crippen molar-refractivity contribution in [2.24, 2.45) is 0 Å². The van der Waals surface area contributed by atoms with Gasteiger partial charge in [-0.1, -0.05) is 6.05 Å². The fourth-order valence-electron chi connectivity index (χ4n) is 0.898. The molecule has 94 valence electrons. The van der Waals surface area contributed by atoms with Crippen molar-refractivity contribution in [1.82, 2.24) is 5.06 Å². The molecular weight excluding hydrogens is 247 g/mol. The second kappa shape index (κ2) is 4.01. The molecule has 0 radical (unpaired) electrons. The first-order valence-corrected chi connectivity index (χ1v) is 6.98. The second-order valence-electron chi connectivity index (χ2n) is 3.12. The van der Waals surface area contributed by atoms with Crippen LogP contribution >= 0.6 is 10.8 Å². The van der Waals surface area contributed by atoms with Crippen molar-refractivity contribution in [3.63, 3.8) is 0 Å². The molecule has 16 heavy (non-hydrogen) atoms. The van der Waals surface area contributed by atoms with Crippen molar-refractivity contribution in [2.75, 3.05) is 12.0 Å². The SMILES string of the molecule is [2H]C1=C(C([2H])([2H])SS(C)(=O)=O)C(C([2H])([2H])[2H])(C([2H])([2H])[2H])[15N](O)C1(C([2H])([2H])[2H])C([2H])([2H])[2H]. The van der Waals surface area contributed by atoms with Crippen LogP contribution in [0.15, 0.2) is 11.6 Å². The van der Waals surface area contributed by atoms with Gasteiger partial charge in [-0.05, 0) is 43.8 Å². The number of hydrogen-bond acceptors (Lipinski definition) is 5. The highest BCUT2D eigenvalue weighted by Gasteiger charge is 2.44. The molecule has 0 unspecified atom stereocenters. The molecule has 0 amide bonds. The zero-order valence-corrected chi connectivity index (χ0v) is 9.66. The summed E-state index contributed by atoms with van der Waals surface area (Å²) in [5, 5.41) is 9.79. The summed E-state index contributed by atoms with van der Waals surface area (Å²) in [6.45, 7) is -16.1. The summed E-state index contributed by atoms with van der Waals surface area (Å²) in [5.74, 6) is 0. The van der Waals surface area contributed by atoms with E-state index in [1.807, 2.05) is 0 Å². The monoisotopic (exact) mass is 281 g/mol. The van der Waals surface area contributed by atoms with E-state index in [2.05, 4.69) is 0 Å². The Kier molecular flexibility index (Phi) is 0.934. The summed E-state index contributed by atoms with van der Waals surface area (Å²) >= 11 is 0. The highest BCUT2D eigenvalue weighted by Crippen LogP contribution is 2.39. The Balaban J connectivity index is 4.48. The highest BCUT2D eigenvalue weighted by molar-refractivity contribution is 8.71. The van der Waals surface area contributed by atoms with Crippen molar-refractivity contribution in [2.45, 2.75) is 38.5 Å². The predicted molar refractivity (Wildman–Crippen MR) is 67.2 cm³/mol. The number of hydrogen-bond donors (Lipinski definition) is 1. The van der Waals surface area contributed by atoms with E-state index in [1.165, 1.54) is 0 Å². The molecule has 0 aromatic heterocycles. The van der Waals surface area contributed by atoms with Crippen molar-refractivity contribution >= 4 is 19.7 Å². The molecule has 4 nitrogen and oxygen atoms in total. The molecule has 1 N–H and O–H groups in total. The van der Waals surface area contributed by atoms with Gasteiger partial charge in [0.1, 0.15) is 0 Å². The highest BCUT2D eigenvalue weighted by atomic mass is 33.1. The quantitative estimate of drug-likeness (QED) is 0.486. The Morgan fingerprint density at radius 1 is 1.62 bits per heavy atom. The average molecular weight is 281 g/mol. The van der Waals surface area contributed by atoms with Gasteiger partial charge in [0.25, 0.3) is 0 Å². The number of rotatable bonds is 3. The summed E-state index contributed by atoms with van der Waals surface area (Å²) < 4.78 is 140. The van der Waals surface area contributed by atoms with Crippen LogP contribution in [0.3, 0.4) is 0 Å². The van der Waals surface area contributed by atoms with Crippen molar-refractivity contribution in [1.29, 1.82) is 0 Å². The van der Waals surface area contributed by atoms with Gasteiger partial charge in [0.2, 0.25) is 0 Å². The normalized spacial score (nSPS) is 43.0. The molecule has 0 saturated carbocycles. The fraction of sp³-hybridized carbons (Fsp3) is 0.800. The zero-order chi connectivity index (χ0) is 25.4. The third-order valence-electron chi connectivity index (χ3n) is 1.60. The number of nitrogens with zero attached hydrogens (tertiary/aromatic N) is 1. The van der Waals surface area contributed by atoms with Crippen LogP contribution in [0.25, 0.3) is 0 Å². The molecule has 1 heterocycles. The maximum Gasteiger partial charge on any atom is 0.199 e. The maximum absolute atomic E-state index is 11.7. The molecule has 0 atom stereocenters. The molecular formula is C10H19NO3S2. The molecule has 6 heteroatoms. The molecule has 1 rings (SSSR count). The summed E-state index contributed by atoms with van der Waals surface area (Å²) in [7, 11) is -5.09. The summed E-state index contributed by atoms with van der Waals surface area (Å²) in [5.41, 5.74) is -13.5. The van der Waals surface area contributed by atoms with Gasteiger partial charge >= 0.3 is 0 Å². The van der Waals surface area contributed by atoms with Crippen molar-refractivity contribution in [3.05, 3.63) is 11.6 Å². The lowest BCUT2D eigenvalue weighted by Gasteiger charge is -2.36. The Morgan fingerprint density at radius 3 is 2.69 bits per heavy atom. The lowest BCUT2D eigenvalue weighted by Crippen LogP contribution is -2.48. The average Bonchev–Trinajstić information content (AvgIpc) is 2.59. The van der Waals surface area contributed by atoms with E-state index in [9.17, 15) is 13.6 Å². The van der Waals surface area contributed by atoms with Crippen LogP contribution in [0.5, 0.6) is 0 Å². The van der Waals surface area contributed by atoms with Crippen LogP contribution < -0.4 is 0 Å². The third kappa shape index (κ3) is 2.80. The van der Waals surface area contributed by atoms with Gasteiger partial charge in [-0.2, -0.15) is 5.06 Å². The molecule has 0 aromatic carbocycles. The van der Waals surface area contributed by atoms with Gasteiger partial charge in [0.05, 0.1) is 12.4 Å². The molecule has 0 aliphatic carbocycles. The van der Waals surface area contributed by atoms with Crippen LogP contribution in [0.2, 0.25) is 0 Å². The van der Waals surface area contributed by atoms with Gasteiger partial charge in [-0.25, -0.2) is 8.42 Å². The Morgan fingerprint density at radius 2 is 2.25 bits per heavy atom. The molecule has 1 aliphatic heterocycles. The molecule has 0 fully saturated rings. The topological polar surface area (TPSA) is 57.6 Å². The molecule has 0 bridgehead atoms. The minimum atomic E-state index is -4.43. The first kappa shape index (κ1) is 3.73. The first-order chi connectivity index (χ1) is 13.1. The first-order valence-electron chi connectivity index (χ1n) is 11.3. The van der Waals surface area contributed by atoms with Gasteiger partial charge in [-0.3, -0.25) is 0 Å². The van der Waals surface area contributed by atoms with Crippen LogP contribution in [0, 0.1) is 0 Å². The summed E-state index contributed by atoms with van der Waals surface area (Å²) in [4.78, 5) is 0. The Hall–Kier alpha value is -0.0400. The smallest absolute Gasteiger partial charge is 0.199 e. The minimum absolute atomic E-state index is 0.471. The van der Waals surface area contributed by atoms with Crippen molar-refractivity contribution in [3.8, 4) is 0 Å². The van der Waals surface area contributed by atoms with E-state index in [0.29, 0.717) is 6.26 Å². The Labute approximate surface area is 122 Å². The van der Waals surface area contributed by atoms with Crippen molar-refractivity contribution < 1.29 is 34.2 Å². The van der Waals surface area contributed by atoms with E-state index < -0.39 is 80.5 Å². The standard InChI is InChI=1S/C10H19NO3S2/c1-9(2)6-8(7-15-16(5,13)14)10(3,4)11(9)12/h6,12H,7H2,1-5H3/i1D3,2D3,3D3,4D3,6D,7D2,11+1. The van der Waals surface area contributed by atoms with E-state index in [0.717, 1.165) is 0 Å². The minimum Gasteiger partial charge on any atom is -0.312 e. The summed E-state index contributed by atoms with van der Waals surface area (Å²) in [6, 6.07) is -1.89. The second-order valence-corrected chi connectivity index (χ2v) is 7.22. The molecule has 0 spiro atoms. The fourth-order valence-corrected chi connectivity index (χ4v) is 2.04. The van der Waals surface area contributed by atoms with Crippen LogP contribution in [-0.2, 0) is 8.87 Å². The Bertz CT molecular complexity index is 835. The zero-order valence-electron chi connectivity index (χ0n) is 23.0. The summed E-state index contributed by atoms with van der Waals surface area (Å²) in [6.07, 6.45) is 0.471. The van der Waals surface area contributed by atoms with E-state index in [4.69, 9.17) is 20.6 Å². The van der Waals surface area contributed by atoms with Gasteiger partial charge in [0, 0.05) is 31.2 Å². The number of hydroxylamine groups is 2. The third-order valence-corrected chi connectivity index (χ3v) is 3.35. The maximum atomic E-state index is 11.7. The van der Waals surface area contributed by atoms with Crippen LogP contribution in [0.1, 0.15) is 48.0 Å². The lowest BCUT2D eigenvalue weighted by atomic mass is 10.00. The van der Waals surface area contributed by atoms with E-state index in [1.54, 1.807) is 0 Å². The van der Waals surface area contributed by atoms with Gasteiger partial charge in [0.15, 0.2) is 8.87 Å². The predicted octanol–water partition coefficient (Wildman–Crippen LogP) is 1.87. The molecule has 0 aromatic rings. The van der Waals surface area contributed by atoms with Gasteiger partial charge in [-0.15, -0.1) is 0 Å². The van der Waals surface area contributed by atoms with Crippen LogP contribution in [0.4, 0.5) is 0 Å². The molecule has 1 aliphatic rings. The largest absolute Gasteiger partial charge is 0.312 e. The lowest BCUT2D eigenvalue weighted by molar-refractivity contribution is -0.185. The van der Waals surface area contributed by atoms with Gasteiger partial charge < -0.3 is 5.21 Å². The van der Waals surface area contributed by atoms with Crippen LogP contribution in [-0.4, -0.2) is 41.7 Å². The van der Waals surface area contributed by atoms with E-state index >= 15 is 0 Å². The van der Waals surface area contributed by atoms with E-state index in [-0.39, 0.29) is 0 Å². The molecule has 0 saturated heterocycles.